The van der Waals surface area contributed by atoms with Crippen LogP contribution in [0.15, 0.2) is 60.7 Å². The zero-order valence-electron chi connectivity index (χ0n) is 10.5. The molecule has 0 aliphatic carbocycles. The number of hydrogen-bond acceptors (Lipinski definition) is 1. The number of rotatable bonds is 3. The van der Waals surface area contributed by atoms with Gasteiger partial charge in [-0.15, -0.1) is 0 Å². The summed E-state index contributed by atoms with van der Waals surface area (Å²) in [4.78, 5) is 0. The highest BCUT2D eigenvalue weighted by Crippen LogP contribution is 2.20. The van der Waals surface area contributed by atoms with Gasteiger partial charge in [-0.25, -0.2) is 0 Å². The lowest BCUT2D eigenvalue weighted by molar-refractivity contribution is 0.276. The molecule has 2 heteroatoms. The lowest BCUT2D eigenvalue weighted by Gasteiger charge is -2.02. The van der Waals surface area contributed by atoms with E-state index in [9.17, 15) is 5.11 Å². The van der Waals surface area contributed by atoms with Gasteiger partial charge in [-0.05, 0) is 23.8 Å². The lowest BCUT2D eigenvalue weighted by atomic mass is 10.2. The van der Waals surface area contributed by atoms with Gasteiger partial charge in [-0.3, -0.25) is 0 Å². The van der Waals surface area contributed by atoms with Gasteiger partial charge in [-0.1, -0.05) is 48.5 Å². The number of benzene rings is 2. The molecule has 94 valence electrons. The number of aromatic nitrogens is 1. The van der Waals surface area contributed by atoms with Crippen LogP contribution in [0.25, 0.3) is 23.2 Å². The number of hydrogen-bond donors (Lipinski definition) is 1. The van der Waals surface area contributed by atoms with E-state index in [1.54, 1.807) is 0 Å². The van der Waals surface area contributed by atoms with Crippen molar-refractivity contribution in [1.82, 2.24) is 4.57 Å². The summed E-state index contributed by atoms with van der Waals surface area (Å²) >= 11 is 0. The summed E-state index contributed by atoms with van der Waals surface area (Å²) in [6, 6.07) is 20.3. The van der Waals surface area contributed by atoms with Crippen LogP contribution in [-0.2, 0) is 6.61 Å². The molecule has 0 saturated carbocycles. The number of aliphatic hydroxyl groups is 1. The minimum Gasteiger partial charge on any atom is -0.390 e. The van der Waals surface area contributed by atoms with Crippen molar-refractivity contribution >= 4 is 23.2 Å². The Bertz CT molecular complexity index is 710. The van der Waals surface area contributed by atoms with Crippen LogP contribution < -0.4 is 0 Å². The molecule has 0 radical (unpaired) electrons. The van der Waals surface area contributed by atoms with E-state index in [0.717, 1.165) is 22.2 Å². The topological polar surface area (TPSA) is 25.2 Å². The molecule has 0 spiro atoms. The maximum atomic E-state index is 9.46. The van der Waals surface area contributed by atoms with Gasteiger partial charge in [-0.2, -0.15) is 0 Å². The van der Waals surface area contributed by atoms with Gasteiger partial charge in [0.25, 0.3) is 0 Å². The van der Waals surface area contributed by atoms with Crippen LogP contribution in [0.2, 0.25) is 0 Å². The van der Waals surface area contributed by atoms with Gasteiger partial charge in [0.1, 0.15) is 0 Å². The predicted octanol–water partition coefficient (Wildman–Crippen LogP) is 3.76. The summed E-state index contributed by atoms with van der Waals surface area (Å²) < 4.78 is 2.03. The number of aliphatic hydroxyl groups excluding tert-OH is 1. The maximum Gasteiger partial charge on any atom is 0.0836 e. The van der Waals surface area contributed by atoms with E-state index in [1.807, 2.05) is 53.2 Å². The second-order valence-corrected chi connectivity index (χ2v) is 4.45. The Balaban J connectivity index is 2.07. The number of fused-ring (bicyclic) bond motifs is 1. The van der Waals surface area contributed by atoms with Gasteiger partial charge < -0.3 is 9.67 Å². The average Bonchev–Trinajstić information content (AvgIpc) is 2.84. The third-order valence-electron chi connectivity index (χ3n) is 3.21. The molecule has 0 atom stereocenters. The normalized spacial score (nSPS) is 11.4. The van der Waals surface area contributed by atoms with E-state index in [-0.39, 0.29) is 6.61 Å². The standard InChI is InChI=1S/C17H15NO/c19-13-16-12-15-8-4-5-9-17(15)18(16)11-10-14-6-2-1-3-7-14/h1-12,19H,13H2. The van der Waals surface area contributed by atoms with Crippen molar-refractivity contribution in [2.24, 2.45) is 0 Å². The molecule has 2 nitrogen and oxygen atoms in total. The highest BCUT2D eigenvalue weighted by Gasteiger charge is 2.04. The summed E-state index contributed by atoms with van der Waals surface area (Å²) in [5.74, 6) is 0. The van der Waals surface area contributed by atoms with Gasteiger partial charge in [0.05, 0.1) is 12.1 Å². The molecule has 1 aromatic heterocycles. The van der Waals surface area contributed by atoms with E-state index in [4.69, 9.17) is 0 Å². The molecule has 3 aromatic rings. The van der Waals surface area contributed by atoms with Crippen LogP contribution in [0.5, 0.6) is 0 Å². The van der Waals surface area contributed by atoms with E-state index in [1.165, 1.54) is 0 Å². The zero-order chi connectivity index (χ0) is 13.1. The Labute approximate surface area is 112 Å². The summed E-state index contributed by atoms with van der Waals surface area (Å²) in [5.41, 5.74) is 3.15. The molecule has 0 unspecified atom stereocenters. The smallest absolute Gasteiger partial charge is 0.0836 e. The molecule has 19 heavy (non-hydrogen) atoms. The van der Waals surface area contributed by atoms with Crippen LogP contribution >= 0.6 is 0 Å². The van der Waals surface area contributed by atoms with Crippen LogP contribution in [0.1, 0.15) is 11.3 Å². The van der Waals surface area contributed by atoms with Crippen LogP contribution in [-0.4, -0.2) is 9.67 Å². The minimum atomic E-state index is 0.0355. The summed E-state index contributed by atoms with van der Waals surface area (Å²) in [6.45, 7) is 0.0355. The Morgan fingerprint density at radius 1 is 0.947 bits per heavy atom. The number of para-hydroxylation sites is 1. The average molecular weight is 249 g/mol. The second-order valence-electron chi connectivity index (χ2n) is 4.45. The predicted molar refractivity (Wildman–Crippen MR) is 79.5 cm³/mol. The van der Waals surface area contributed by atoms with Gasteiger partial charge in [0.15, 0.2) is 0 Å². The minimum absolute atomic E-state index is 0.0355. The first kappa shape index (κ1) is 11.8. The van der Waals surface area contributed by atoms with Gasteiger partial charge in [0, 0.05) is 17.3 Å². The molecule has 1 heterocycles. The van der Waals surface area contributed by atoms with E-state index >= 15 is 0 Å². The van der Waals surface area contributed by atoms with Crippen molar-refractivity contribution in [3.8, 4) is 0 Å². The molecule has 0 saturated heterocycles. The Kier molecular flexibility index (Phi) is 3.17. The third-order valence-corrected chi connectivity index (χ3v) is 3.21. The van der Waals surface area contributed by atoms with Crippen LogP contribution in [0, 0.1) is 0 Å². The zero-order valence-corrected chi connectivity index (χ0v) is 10.5. The molecule has 0 aliphatic heterocycles. The lowest BCUT2D eigenvalue weighted by Crippen LogP contribution is -1.93. The molecule has 0 bridgehead atoms. The van der Waals surface area contributed by atoms with Gasteiger partial charge >= 0.3 is 0 Å². The number of nitrogens with zero attached hydrogens (tertiary/aromatic N) is 1. The Hall–Kier alpha value is -2.32. The Morgan fingerprint density at radius 3 is 2.47 bits per heavy atom. The van der Waals surface area contributed by atoms with Crippen molar-refractivity contribution < 1.29 is 5.11 Å². The first-order chi connectivity index (χ1) is 9.38. The molecule has 0 amide bonds. The molecule has 1 N–H and O–H groups in total. The highest BCUT2D eigenvalue weighted by molar-refractivity contribution is 5.84. The van der Waals surface area contributed by atoms with Crippen molar-refractivity contribution in [3.05, 3.63) is 71.9 Å². The van der Waals surface area contributed by atoms with Crippen molar-refractivity contribution in [2.75, 3.05) is 0 Å². The quantitative estimate of drug-likeness (QED) is 0.751. The molecule has 0 fully saturated rings. The first-order valence-corrected chi connectivity index (χ1v) is 6.31. The van der Waals surface area contributed by atoms with Gasteiger partial charge in [0.2, 0.25) is 0 Å². The molecular weight excluding hydrogens is 234 g/mol. The fraction of sp³-hybridized carbons (Fsp3) is 0.0588. The summed E-state index contributed by atoms with van der Waals surface area (Å²) in [5, 5.41) is 10.6. The maximum absolute atomic E-state index is 9.46. The van der Waals surface area contributed by atoms with Crippen molar-refractivity contribution in [3.63, 3.8) is 0 Å². The largest absolute Gasteiger partial charge is 0.390 e. The summed E-state index contributed by atoms with van der Waals surface area (Å²) in [6.07, 6.45) is 4.05. The molecular formula is C17H15NO. The summed E-state index contributed by atoms with van der Waals surface area (Å²) in [7, 11) is 0. The molecule has 0 aliphatic rings. The van der Waals surface area contributed by atoms with E-state index in [2.05, 4.69) is 24.3 Å². The van der Waals surface area contributed by atoms with Crippen molar-refractivity contribution in [1.29, 1.82) is 0 Å². The van der Waals surface area contributed by atoms with Crippen LogP contribution in [0.4, 0.5) is 0 Å². The first-order valence-electron chi connectivity index (χ1n) is 6.31. The molecule has 2 aromatic carbocycles. The second kappa shape index (κ2) is 5.12. The fourth-order valence-electron chi connectivity index (χ4n) is 2.26. The third kappa shape index (κ3) is 2.30. The monoisotopic (exact) mass is 249 g/mol. The SMILES string of the molecule is OCc1cc2ccccc2n1C=Cc1ccccc1. The molecule has 3 rings (SSSR count). The van der Waals surface area contributed by atoms with Crippen molar-refractivity contribution in [2.45, 2.75) is 6.61 Å². The fourth-order valence-corrected chi connectivity index (χ4v) is 2.26. The van der Waals surface area contributed by atoms with Crippen LogP contribution in [0.3, 0.4) is 0 Å². The highest BCUT2D eigenvalue weighted by atomic mass is 16.3. The van der Waals surface area contributed by atoms with E-state index in [0.29, 0.717) is 0 Å². The van der Waals surface area contributed by atoms with E-state index < -0.39 is 0 Å². The Morgan fingerprint density at radius 2 is 1.68 bits per heavy atom.